The fourth-order valence-electron chi connectivity index (χ4n) is 4.78. The summed E-state index contributed by atoms with van der Waals surface area (Å²) in [6.07, 6.45) is 0.918. The Morgan fingerprint density at radius 1 is 0.897 bits per heavy atom. The van der Waals surface area contributed by atoms with Crippen LogP contribution in [0.1, 0.15) is 22.4 Å². The Bertz CT molecular complexity index is 1800. The van der Waals surface area contributed by atoms with Crippen molar-refractivity contribution in [3.63, 3.8) is 0 Å². The third-order valence-electron chi connectivity index (χ3n) is 6.74. The number of nitrogens with one attached hydrogen (secondary N) is 3. The van der Waals surface area contributed by atoms with Crippen LogP contribution in [-0.2, 0) is 19.4 Å². The Kier molecular flexibility index (Phi) is 6.42. The lowest BCUT2D eigenvalue weighted by molar-refractivity contribution is 0.245. The molecule has 192 valence electrons. The van der Waals surface area contributed by atoms with E-state index in [1.54, 1.807) is 18.2 Å². The molecule has 2 amide bonds. The van der Waals surface area contributed by atoms with Gasteiger partial charge in [0, 0.05) is 30.3 Å². The molecule has 0 spiro atoms. The molecule has 4 aromatic carbocycles. The number of H-pyrrole nitrogens is 1. The van der Waals surface area contributed by atoms with Crippen LogP contribution in [0.2, 0.25) is 0 Å². The van der Waals surface area contributed by atoms with Gasteiger partial charge >= 0.3 is 6.03 Å². The van der Waals surface area contributed by atoms with Crippen molar-refractivity contribution in [3.05, 3.63) is 130 Å². The number of halogens is 1. The summed E-state index contributed by atoms with van der Waals surface area (Å²) in [4.78, 5) is 29.1. The molecule has 0 bridgehead atoms. The molecule has 0 saturated carbocycles. The van der Waals surface area contributed by atoms with Crippen LogP contribution in [0.25, 0.3) is 21.9 Å². The van der Waals surface area contributed by atoms with Crippen molar-refractivity contribution in [2.75, 3.05) is 0 Å². The summed E-state index contributed by atoms with van der Waals surface area (Å²) in [7, 11) is 0. The zero-order chi connectivity index (χ0) is 26.8. The van der Waals surface area contributed by atoms with E-state index >= 15 is 0 Å². The van der Waals surface area contributed by atoms with E-state index in [4.69, 9.17) is 0 Å². The molecule has 0 atom stereocenters. The number of hydrogen-bond donors (Lipinski definition) is 3. The minimum Gasteiger partial charge on any atom is -0.334 e. The van der Waals surface area contributed by atoms with E-state index in [1.807, 2.05) is 66.7 Å². The van der Waals surface area contributed by atoms with E-state index in [9.17, 15) is 14.0 Å². The van der Waals surface area contributed by atoms with E-state index in [1.165, 1.54) is 6.07 Å². The summed E-state index contributed by atoms with van der Waals surface area (Å²) < 4.78 is 15.0. The van der Waals surface area contributed by atoms with Gasteiger partial charge in [-0.05, 0) is 46.5 Å². The van der Waals surface area contributed by atoms with Gasteiger partial charge < -0.3 is 5.32 Å². The average molecular weight is 518 g/mol. The van der Waals surface area contributed by atoms with Crippen molar-refractivity contribution < 1.29 is 9.18 Å². The van der Waals surface area contributed by atoms with Gasteiger partial charge in [-0.15, -0.1) is 0 Å². The molecular formula is C31H24FN5O2. The first kappa shape index (κ1) is 24.2. The largest absolute Gasteiger partial charge is 0.334 e. The van der Waals surface area contributed by atoms with E-state index < -0.39 is 0 Å². The monoisotopic (exact) mass is 517 g/mol. The first-order chi connectivity index (χ1) is 19.0. The molecule has 0 radical (unpaired) electrons. The molecule has 1 aromatic heterocycles. The second-order valence-corrected chi connectivity index (χ2v) is 9.41. The highest BCUT2D eigenvalue weighted by Gasteiger charge is 2.18. The van der Waals surface area contributed by atoms with Gasteiger partial charge in [-0.1, -0.05) is 66.7 Å². The van der Waals surface area contributed by atoms with Gasteiger partial charge in [0.2, 0.25) is 0 Å². The number of aliphatic imine (C=N–C) groups is 1. The van der Waals surface area contributed by atoms with Crippen molar-refractivity contribution >= 4 is 28.3 Å². The Hall–Kier alpha value is -5.11. The lowest BCUT2D eigenvalue weighted by Gasteiger charge is -2.09. The third-order valence-corrected chi connectivity index (χ3v) is 6.74. The van der Waals surface area contributed by atoms with Crippen molar-refractivity contribution in [1.29, 1.82) is 0 Å². The van der Waals surface area contributed by atoms with Gasteiger partial charge in [0.1, 0.15) is 11.7 Å². The van der Waals surface area contributed by atoms with Crippen molar-refractivity contribution in [2.24, 2.45) is 4.99 Å². The fourth-order valence-corrected chi connectivity index (χ4v) is 4.78. The standard InChI is InChI=1S/C31H24FN5O2/c32-26-13-10-20(15-28-23-8-4-5-9-24(23)30(38)37-36-28)14-25(26)21-11-12-22-17-29(34-27(22)16-21)35-31(39)33-18-19-6-2-1-3-7-19/h1-14,16H,15,17-18H2,(H,37,38)(H2,33,34,35,39). The Labute approximate surface area is 223 Å². The van der Waals surface area contributed by atoms with Crippen molar-refractivity contribution in [2.45, 2.75) is 19.4 Å². The van der Waals surface area contributed by atoms with Gasteiger partial charge in [0.05, 0.1) is 16.8 Å². The first-order valence-corrected chi connectivity index (χ1v) is 12.6. The van der Waals surface area contributed by atoms with Gasteiger partial charge in [-0.25, -0.2) is 19.3 Å². The van der Waals surface area contributed by atoms with Crippen LogP contribution in [-0.4, -0.2) is 22.1 Å². The zero-order valence-electron chi connectivity index (χ0n) is 20.9. The van der Waals surface area contributed by atoms with Crippen LogP contribution in [0.5, 0.6) is 0 Å². The minimum atomic E-state index is -0.349. The van der Waals surface area contributed by atoms with Crippen LogP contribution in [0, 0.1) is 5.82 Å². The number of fused-ring (bicyclic) bond motifs is 2. The maximum absolute atomic E-state index is 15.0. The molecule has 2 heterocycles. The Morgan fingerprint density at radius 3 is 2.54 bits per heavy atom. The lowest BCUT2D eigenvalue weighted by Crippen LogP contribution is -2.39. The normalized spacial score (nSPS) is 12.2. The predicted molar refractivity (Wildman–Crippen MR) is 150 cm³/mol. The zero-order valence-corrected chi connectivity index (χ0v) is 20.9. The molecule has 5 aromatic rings. The molecule has 1 aliphatic heterocycles. The highest BCUT2D eigenvalue weighted by molar-refractivity contribution is 6.02. The van der Waals surface area contributed by atoms with E-state index in [0.29, 0.717) is 53.1 Å². The number of urea groups is 1. The lowest BCUT2D eigenvalue weighted by atomic mass is 9.97. The number of benzene rings is 4. The molecule has 0 saturated heterocycles. The molecule has 0 fully saturated rings. The van der Waals surface area contributed by atoms with E-state index in [2.05, 4.69) is 25.8 Å². The molecule has 0 unspecified atom stereocenters. The summed E-state index contributed by atoms with van der Waals surface area (Å²) in [5.41, 5.74) is 5.12. The molecule has 1 aliphatic rings. The SMILES string of the molecule is O=C(NCc1ccccc1)NC1=Nc2cc(-c3cc(Cc4n[nH]c(=O)c5ccccc45)ccc3F)ccc2C1. The first-order valence-electron chi connectivity index (χ1n) is 12.6. The Morgan fingerprint density at radius 2 is 1.69 bits per heavy atom. The van der Waals surface area contributed by atoms with Crippen LogP contribution in [0.15, 0.2) is 101 Å². The molecule has 0 aliphatic carbocycles. The number of amidine groups is 1. The Balaban J connectivity index is 1.20. The third kappa shape index (κ3) is 5.17. The highest BCUT2D eigenvalue weighted by atomic mass is 19.1. The number of aromatic amines is 1. The highest BCUT2D eigenvalue weighted by Crippen LogP contribution is 2.33. The van der Waals surface area contributed by atoms with Crippen LogP contribution < -0.4 is 16.2 Å². The summed E-state index contributed by atoms with van der Waals surface area (Å²) in [6.45, 7) is 0.414. The van der Waals surface area contributed by atoms with Crippen molar-refractivity contribution in [1.82, 2.24) is 20.8 Å². The second kappa shape index (κ2) is 10.3. The maximum Gasteiger partial charge on any atom is 0.320 e. The molecule has 6 rings (SSSR count). The number of amides is 2. The fraction of sp³-hybridized carbons (Fsp3) is 0.0968. The smallest absolute Gasteiger partial charge is 0.320 e. The van der Waals surface area contributed by atoms with Crippen LogP contribution in [0.4, 0.5) is 14.9 Å². The summed E-state index contributed by atoms with van der Waals surface area (Å²) >= 11 is 0. The number of carbonyl (C=O) groups excluding carboxylic acids is 1. The van der Waals surface area contributed by atoms with Crippen LogP contribution >= 0.6 is 0 Å². The van der Waals surface area contributed by atoms with Crippen LogP contribution in [0.3, 0.4) is 0 Å². The number of carbonyl (C=O) groups is 1. The molecule has 7 nitrogen and oxygen atoms in total. The van der Waals surface area contributed by atoms with Crippen molar-refractivity contribution in [3.8, 4) is 11.1 Å². The van der Waals surface area contributed by atoms with Gasteiger partial charge in [-0.3, -0.25) is 10.1 Å². The van der Waals surface area contributed by atoms with E-state index in [-0.39, 0.29) is 17.4 Å². The summed E-state index contributed by atoms with van der Waals surface area (Å²) in [6, 6.07) is 27.2. The molecular weight excluding hydrogens is 493 g/mol. The average Bonchev–Trinajstić information content (AvgIpc) is 3.36. The van der Waals surface area contributed by atoms with E-state index in [0.717, 1.165) is 22.1 Å². The molecule has 3 N–H and O–H groups in total. The quantitative estimate of drug-likeness (QED) is 0.291. The van der Waals surface area contributed by atoms with Gasteiger partial charge in [-0.2, -0.15) is 5.10 Å². The summed E-state index contributed by atoms with van der Waals surface area (Å²) in [5.74, 6) is 0.191. The molecule has 39 heavy (non-hydrogen) atoms. The minimum absolute atomic E-state index is 0.240. The topological polar surface area (TPSA) is 99.2 Å². The predicted octanol–water partition coefficient (Wildman–Crippen LogP) is 5.41. The number of nitrogens with zero attached hydrogens (tertiary/aromatic N) is 2. The van der Waals surface area contributed by atoms with Gasteiger partial charge in [0.25, 0.3) is 5.56 Å². The van der Waals surface area contributed by atoms with Gasteiger partial charge in [0.15, 0.2) is 0 Å². The maximum atomic E-state index is 15.0. The molecule has 8 heteroatoms. The second-order valence-electron chi connectivity index (χ2n) is 9.41. The summed E-state index contributed by atoms with van der Waals surface area (Å²) in [5, 5.41) is 13.8. The number of rotatable bonds is 5. The number of hydrogen-bond acceptors (Lipinski definition) is 4. The number of aromatic nitrogens is 2.